The SMILES string of the molecule is C1=CC(c2ccc3c4ccccc4c4ccccc4c3c2)CC(c2nccc3c2sc2ccc(-c4ccccc4)cc23)=C1. The summed E-state index contributed by atoms with van der Waals surface area (Å²) < 4.78 is 2.58. The molecule has 1 aliphatic carbocycles. The highest BCUT2D eigenvalue weighted by atomic mass is 32.1. The fraction of sp³-hybridized carbons (Fsp3) is 0.0488. The van der Waals surface area contributed by atoms with Gasteiger partial charge in [0.2, 0.25) is 0 Å². The van der Waals surface area contributed by atoms with Gasteiger partial charge >= 0.3 is 0 Å². The summed E-state index contributed by atoms with van der Waals surface area (Å²) in [6, 6.07) is 44.4. The average Bonchev–Trinajstić information content (AvgIpc) is 3.47. The maximum atomic E-state index is 4.97. The van der Waals surface area contributed by atoms with E-state index in [2.05, 4.69) is 140 Å². The molecule has 2 heteroatoms. The van der Waals surface area contributed by atoms with Crippen molar-refractivity contribution >= 4 is 69.4 Å². The maximum absolute atomic E-state index is 4.97. The van der Waals surface area contributed by atoms with Crippen LogP contribution in [0.2, 0.25) is 0 Å². The third-order valence-electron chi connectivity index (χ3n) is 9.07. The molecule has 0 saturated carbocycles. The lowest BCUT2D eigenvalue weighted by molar-refractivity contribution is 0.866. The molecule has 1 nitrogen and oxygen atoms in total. The summed E-state index contributed by atoms with van der Waals surface area (Å²) in [5.74, 6) is 0.297. The molecule has 0 aliphatic heterocycles. The Morgan fingerprint density at radius 1 is 0.558 bits per heavy atom. The Morgan fingerprint density at radius 3 is 2.02 bits per heavy atom. The molecule has 2 aromatic heterocycles. The lowest BCUT2D eigenvalue weighted by atomic mass is 9.84. The van der Waals surface area contributed by atoms with Gasteiger partial charge in [-0.05, 0) is 85.3 Å². The summed E-state index contributed by atoms with van der Waals surface area (Å²) in [7, 11) is 0. The van der Waals surface area contributed by atoms with E-state index >= 15 is 0 Å². The van der Waals surface area contributed by atoms with E-state index in [1.165, 1.54) is 74.8 Å². The van der Waals surface area contributed by atoms with Crippen molar-refractivity contribution in [2.24, 2.45) is 0 Å². The van der Waals surface area contributed by atoms with Crippen molar-refractivity contribution in [3.63, 3.8) is 0 Å². The molecule has 6 aromatic carbocycles. The highest BCUT2D eigenvalue weighted by Crippen LogP contribution is 2.43. The summed E-state index contributed by atoms with van der Waals surface area (Å²) in [6.45, 7) is 0. The van der Waals surface area contributed by atoms with Crippen LogP contribution in [0.15, 0.2) is 146 Å². The van der Waals surface area contributed by atoms with Gasteiger partial charge < -0.3 is 0 Å². The molecular weight excluding hydrogens is 539 g/mol. The second-order valence-electron chi connectivity index (χ2n) is 11.5. The van der Waals surface area contributed by atoms with E-state index in [9.17, 15) is 0 Å². The fourth-order valence-corrected chi connectivity index (χ4v) is 8.18. The van der Waals surface area contributed by atoms with Crippen LogP contribution in [0, 0.1) is 0 Å². The molecule has 8 aromatic rings. The highest BCUT2D eigenvalue weighted by molar-refractivity contribution is 7.26. The Bertz CT molecular complexity index is 2390. The van der Waals surface area contributed by atoms with Crippen LogP contribution in [-0.2, 0) is 0 Å². The van der Waals surface area contributed by atoms with Gasteiger partial charge in [0.25, 0.3) is 0 Å². The number of thiophene rings is 1. The van der Waals surface area contributed by atoms with Crippen molar-refractivity contribution in [3.8, 4) is 11.1 Å². The number of hydrogen-bond acceptors (Lipinski definition) is 2. The third-order valence-corrected chi connectivity index (χ3v) is 10.3. The van der Waals surface area contributed by atoms with Crippen LogP contribution >= 0.6 is 11.3 Å². The van der Waals surface area contributed by atoms with Crippen molar-refractivity contribution < 1.29 is 0 Å². The third kappa shape index (κ3) is 3.95. The van der Waals surface area contributed by atoms with Crippen molar-refractivity contribution in [2.75, 3.05) is 0 Å². The lowest BCUT2D eigenvalue weighted by Gasteiger charge is -2.20. The molecule has 1 unspecified atom stereocenters. The Morgan fingerprint density at radius 2 is 1.26 bits per heavy atom. The fourth-order valence-electron chi connectivity index (χ4n) is 6.98. The van der Waals surface area contributed by atoms with Crippen LogP contribution in [0.3, 0.4) is 0 Å². The van der Waals surface area contributed by atoms with Crippen LogP contribution in [-0.4, -0.2) is 4.98 Å². The van der Waals surface area contributed by atoms with Crippen LogP contribution in [0.1, 0.15) is 23.6 Å². The summed E-state index contributed by atoms with van der Waals surface area (Å²) in [5.41, 5.74) is 6.27. The number of aromatic nitrogens is 1. The molecule has 0 bridgehead atoms. The molecular formula is C41H27NS. The molecule has 9 rings (SSSR count). The second-order valence-corrected chi connectivity index (χ2v) is 12.6. The van der Waals surface area contributed by atoms with Gasteiger partial charge in [0.05, 0.1) is 10.4 Å². The zero-order valence-corrected chi connectivity index (χ0v) is 24.3. The number of benzene rings is 6. The molecule has 0 saturated heterocycles. The van der Waals surface area contributed by atoms with Crippen LogP contribution in [0.5, 0.6) is 0 Å². The van der Waals surface area contributed by atoms with Gasteiger partial charge in [-0.15, -0.1) is 11.3 Å². The Balaban J connectivity index is 1.13. The minimum atomic E-state index is 0.297. The standard InChI is InChI=1S/C41H27NS/c1-2-9-26(10-3-1)28-18-20-39-38(25-28)36-21-22-42-40(41(36)43-39)30-12-8-11-27(23-30)29-17-19-35-33-15-5-4-13-31(33)32-14-6-7-16-34(32)37(35)24-29/h1-22,24-25,27H,23H2. The summed E-state index contributed by atoms with van der Waals surface area (Å²) >= 11 is 1.86. The molecule has 0 N–H and O–H groups in total. The number of nitrogens with zero attached hydrogens (tertiary/aromatic N) is 1. The van der Waals surface area contributed by atoms with E-state index in [-0.39, 0.29) is 0 Å². The Kier molecular flexibility index (Phi) is 5.57. The molecule has 0 fully saturated rings. The van der Waals surface area contributed by atoms with Crippen LogP contribution < -0.4 is 0 Å². The zero-order chi connectivity index (χ0) is 28.3. The molecule has 2 heterocycles. The van der Waals surface area contributed by atoms with E-state index in [0.29, 0.717) is 5.92 Å². The number of pyridine rings is 1. The minimum absolute atomic E-state index is 0.297. The van der Waals surface area contributed by atoms with E-state index in [1.54, 1.807) is 0 Å². The van der Waals surface area contributed by atoms with Gasteiger partial charge in [-0.3, -0.25) is 4.98 Å². The second kappa shape index (κ2) is 9.76. The molecule has 1 atom stereocenters. The smallest absolute Gasteiger partial charge is 0.0840 e. The largest absolute Gasteiger partial charge is 0.255 e. The van der Waals surface area contributed by atoms with Gasteiger partial charge in [-0.25, -0.2) is 0 Å². The van der Waals surface area contributed by atoms with Gasteiger partial charge in [0.15, 0.2) is 0 Å². The zero-order valence-electron chi connectivity index (χ0n) is 23.5. The first kappa shape index (κ1) is 24.5. The number of allylic oxidation sites excluding steroid dienone is 4. The van der Waals surface area contributed by atoms with Gasteiger partial charge in [-0.2, -0.15) is 0 Å². The van der Waals surface area contributed by atoms with Crippen LogP contribution in [0.4, 0.5) is 0 Å². The first-order valence-corrected chi connectivity index (χ1v) is 15.7. The molecule has 43 heavy (non-hydrogen) atoms. The summed E-state index contributed by atoms with van der Waals surface area (Å²) in [4.78, 5) is 4.97. The van der Waals surface area contributed by atoms with Crippen molar-refractivity contribution in [1.29, 1.82) is 0 Å². The van der Waals surface area contributed by atoms with Gasteiger partial charge in [0.1, 0.15) is 0 Å². The van der Waals surface area contributed by atoms with Crippen LogP contribution in [0.25, 0.3) is 69.2 Å². The average molecular weight is 566 g/mol. The van der Waals surface area contributed by atoms with Crippen molar-refractivity contribution in [1.82, 2.24) is 4.98 Å². The molecule has 0 radical (unpaired) electrons. The molecule has 0 spiro atoms. The minimum Gasteiger partial charge on any atom is -0.255 e. The highest BCUT2D eigenvalue weighted by Gasteiger charge is 2.20. The number of hydrogen-bond donors (Lipinski definition) is 0. The van der Waals surface area contributed by atoms with E-state index < -0.39 is 0 Å². The van der Waals surface area contributed by atoms with Gasteiger partial charge in [-0.1, -0.05) is 115 Å². The van der Waals surface area contributed by atoms with Crippen molar-refractivity contribution in [3.05, 3.63) is 157 Å². The quantitative estimate of drug-likeness (QED) is 0.194. The van der Waals surface area contributed by atoms with E-state index in [4.69, 9.17) is 4.98 Å². The monoisotopic (exact) mass is 565 g/mol. The first-order valence-electron chi connectivity index (χ1n) is 14.9. The molecule has 1 aliphatic rings. The first-order chi connectivity index (χ1) is 21.3. The van der Waals surface area contributed by atoms with Gasteiger partial charge in [0, 0.05) is 27.6 Å². The summed E-state index contributed by atoms with van der Waals surface area (Å²) in [6.07, 6.45) is 9.77. The summed E-state index contributed by atoms with van der Waals surface area (Å²) in [5, 5.41) is 10.5. The topological polar surface area (TPSA) is 12.9 Å². The molecule has 0 amide bonds. The predicted octanol–water partition coefficient (Wildman–Crippen LogP) is 11.7. The maximum Gasteiger partial charge on any atom is 0.0840 e. The predicted molar refractivity (Wildman–Crippen MR) is 186 cm³/mol. The lowest BCUT2D eigenvalue weighted by Crippen LogP contribution is -2.02. The number of rotatable bonds is 3. The van der Waals surface area contributed by atoms with Crippen molar-refractivity contribution in [2.45, 2.75) is 12.3 Å². The Hall–Kier alpha value is -5.05. The normalized spacial score (nSPS) is 15.2. The van der Waals surface area contributed by atoms with E-state index in [1.807, 2.05) is 17.5 Å². The van der Waals surface area contributed by atoms with E-state index in [0.717, 1.165) is 12.1 Å². The number of fused-ring (bicyclic) bond motifs is 9. The Labute approximate surface area is 254 Å². The molecule has 202 valence electrons.